The number of rotatable bonds is 4. The van der Waals surface area contributed by atoms with Gasteiger partial charge in [0.1, 0.15) is 12.1 Å². The van der Waals surface area contributed by atoms with E-state index in [0.717, 1.165) is 29.7 Å². The van der Waals surface area contributed by atoms with Gasteiger partial charge in [0.05, 0.1) is 24.4 Å². The first-order valence-corrected chi connectivity index (χ1v) is 9.91. The van der Waals surface area contributed by atoms with Crippen molar-refractivity contribution in [3.05, 3.63) is 30.0 Å². The first-order chi connectivity index (χ1) is 14.2. The Morgan fingerprint density at radius 3 is 2.67 bits per heavy atom. The fourth-order valence-corrected chi connectivity index (χ4v) is 3.28. The van der Waals surface area contributed by atoms with Crippen LogP contribution >= 0.6 is 0 Å². The molecule has 1 aromatic carbocycles. The van der Waals surface area contributed by atoms with Gasteiger partial charge in [-0.1, -0.05) is 6.07 Å². The Morgan fingerprint density at radius 1 is 1.27 bits per heavy atom. The minimum absolute atomic E-state index is 0.196. The van der Waals surface area contributed by atoms with Crippen molar-refractivity contribution in [1.82, 2.24) is 14.7 Å². The first kappa shape index (κ1) is 21.8. The highest BCUT2D eigenvalue weighted by Crippen LogP contribution is 2.28. The predicted octanol–water partition coefficient (Wildman–Crippen LogP) is 3.29. The van der Waals surface area contributed by atoms with Crippen molar-refractivity contribution < 1.29 is 28.6 Å². The summed E-state index contributed by atoms with van der Waals surface area (Å²) in [5.41, 5.74) is 0.125. The highest BCUT2D eigenvalue weighted by molar-refractivity contribution is 6.11. The summed E-state index contributed by atoms with van der Waals surface area (Å²) in [6.07, 6.45) is 3.35. The Morgan fingerprint density at radius 2 is 2.03 bits per heavy atom. The SMILES string of the molecule is COC(=O)CN(C(=O)OC(C)(C)C)C(=O)c1cccc2c1cnn2C1CCCCO1. The molecule has 0 saturated carbocycles. The number of imide groups is 1. The van der Waals surface area contributed by atoms with E-state index in [-0.39, 0.29) is 11.8 Å². The van der Waals surface area contributed by atoms with Gasteiger partial charge in [0.15, 0.2) is 6.23 Å². The summed E-state index contributed by atoms with van der Waals surface area (Å²) in [6.45, 7) is 5.15. The number of hydrogen-bond acceptors (Lipinski definition) is 7. The Bertz CT molecular complexity index is 940. The molecule has 9 nitrogen and oxygen atoms in total. The molecule has 1 atom stereocenters. The van der Waals surface area contributed by atoms with Crippen molar-refractivity contribution in [3.8, 4) is 0 Å². The molecule has 3 rings (SSSR count). The fraction of sp³-hybridized carbons (Fsp3) is 0.524. The maximum absolute atomic E-state index is 13.3. The zero-order valence-corrected chi connectivity index (χ0v) is 17.7. The van der Waals surface area contributed by atoms with Crippen molar-refractivity contribution in [2.75, 3.05) is 20.3 Å². The van der Waals surface area contributed by atoms with E-state index in [1.807, 2.05) is 6.07 Å². The number of carbonyl (C=O) groups is 3. The largest absolute Gasteiger partial charge is 0.468 e. The number of benzene rings is 1. The van der Waals surface area contributed by atoms with Crippen molar-refractivity contribution in [2.24, 2.45) is 0 Å². The van der Waals surface area contributed by atoms with E-state index in [1.165, 1.54) is 7.11 Å². The molecule has 0 bridgehead atoms. The molecule has 2 aromatic rings. The lowest BCUT2D eigenvalue weighted by molar-refractivity contribution is -0.141. The first-order valence-electron chi connectivity index (χ1n) is 9.91. The van der Waals surface area contributed by atoms with E-state index in [4.69, 9.17) is 9.47 Å². The summed E-state index contributed by atoms with van der Waals surface area (Å²) in [7, 11) is 1.19. The monoisotopic (exact) mass is 417 g/mol. The van der Waals surface area contributed by atoms with Crippen LogP contribution in [-0.2, 0) is 19.0 Å². The molecule has 2 amide bonds. The zero-order valence-electron chi connectivity index (χ0n) is 17.7. The molecular weight excluding hydrogens is 390 g/mol. The topological polar surface area (TPSA) is 100.0 Å². The molecule has 0 N–H and O–H groups in total. The summed E-state index contributed by atoms with van der Waals surface area (Å²) in [5.74, 6) is -1.39. The van der Waals surface area contributed by atoms with Crippen molar-refractivity contribution in [1.29, 1.82) is 0 Å². The molecule has 30 heavy (non-hydrogen) atoms. The lowest BCUT2D eigenvalue weighted by atomic mass is 10.1. The normalized spacial score (nSPS) is 16.9. The molecule has 0 spiro atoms. The van der Waals surface area contributed by atoms with E-state index < -0.39 is 30.1 Å². The van der Waals surface area contributed by atoms with Crippen molar-refractivity contribution in [3.63, 3.8) is 0 Å². The summed E-state index contributed by atoms with van der Waals surface area (Å²) in [4.78, 5) is 38.5. The summed E-state index contributed by atoms with van der Waals surface area (Å²) < 4.78 is 17.5. The average Bonchev–Trinajstić information content (AvgIpc) is 3.14. The van der Waals surface area contributed by atoms with Gasteiger partial charge in [0.25, 0.3) is 5.91 Å². The molecule has 9 heteroatoms. The number of nitrogens with zero attached hydrogens (tertiary/aromatic N) is 3. The van der Waals surface area contributed by atoms with E-state index in [9.17, 15) is 14.4 Å². The van der Waals surface area contributed by atoms with Gasteiger partial charge in [-0.25, -0.2) is 14.4 Å². The van der Waals surface area contributed by atoms with E-state index in [1.54, 1.807) is 43.8 Å². The van der Waals surface area contributed by atoms with Crippen LogP contribution in [0.1, 0.15) is 56.6 Å². The summed E-state index contributed by atoms with van der Waals surface area (Å²) in [5, 5.41) is 4.98. The van der Waals surface area contributed by atoms with Crippen LogP contribution in [0.5, 0.6) is 0 Å². The van der Waals surface area contributed by atoms with E-state index in [0.29, 0.717) is 12.0 Å². The average molecular weight is 417 g/mol. The number of aromatic nitrogens is 2. The standard InChI is InChI=1S/C21H27N3O6/c1-21(2,3)30-20(27)23(13-18(25)28-4)19(26)14-8-7-9-16-15(14)12-22-24(16)17-10-5-6-11-29-17/h7-9,12,17H,5-6,10-11,13H2,1-4H3. The highest BCUT2D eigenvalue weighted by atomic mass is 16.6. The van der Waals surface area contributed by atoms with E-state index in [2.05, 4.69) is 9.84 Å². The summed E-state index contributed by atoms with van der Waals surface area (Å²) in [6, 6.07) is 5.14. The second kappa shape index (κ2) is 8.83. The fourth-order valence-electron chi connectivity index (χ4n) is 3.28. The molecule has 162 valence electrons. The third-order valence-electron chi connectivity index (χ3n) is 4.67. The Kier molecular flexibility index (Phi) is 6.40. The van der Waals surface area contributed by atoms with Crippen LogP contribution in [0, 0.1) is 0 Å². The maximum Gasteiger partial charge on any atom is 0.417 e. The highest BCUT2D eigenvalue weighted by Gasteiger charge is 2.32. The second-order valence-electron chi connectivity index (χ2n) is 8.10. The van der Waals surface area contributed by atoms with Gasteiger partial charge in [-0.3, -0.25) is 9.59 Å². The number of ether oxygens (including phenoxy) is 3. The van der Waals surface area contributed by atoms with Gasteiger partial charge in [0, 0.05) is 12.0 Å². The van der Waals surface area contributed by atoms with Crippen LogP contribution in [-0.4, -0.2) is 58.5 Å². The minimum Gasteiger partial charge on any atom is -0.468 e. The molecule has 2 heterocycles. The van der Waals surface area contributed by atoms with Gasteiger partial charge in [-0.05, 0) is 52.2 Å². The van der Waals surface area contributed by atoms with Gasteiger partial charge < -0.3 is 14.2 Å². The third-order valence-corrected chi connectivity index (χ3v) is 4.67. The number of hydrogen-bond donors (Lipinski definition) is 0. The third kappa shape index (κ3) is 4.79. The molecule has 1 saturated heterocycles. The molecule has 0 aliphatic carbocycles. The quantitative estimate of drug-likeness (QED) is 0.704. The molecule has 1 aliphatic heterocycles. The van der Waals surface area contributed by atoms with Crippen LogP contribution in [0.15, 0.2) is 24.4 Å². The van der Waals surface area contributed by atoms with Crippen LogP contribution in [0.2, 0.25) is 0 Å². The van der Waals surface area contributed by atoms with Gasteiger partial charge in [0.2, 0.25) is 0 Å². The van der Waals surface area contributed by atoms with Crippen LogP contribution in [0.4, 0.5) is 4.79 Å². The molecule has 1 aromatic heterocycles. The van der Waals surface area contributed by atoms with Crippen molar-refractivity contribution in [2.45, 2.75) is 51.9 Å². The molecule has 1 unspecified atom stereocenters. The minimum atomic E-state index is -0.919. The van der Waals surface area contributed by atoms with Gasteiger partial charge in [-0.2, -0.15) is 5.10 Å². The number of fused-ring (bicyclic) bond motifs is 1. The lowest BCUT2D eigenvalue weighted by Crippen LogP contribution is -2.44. The Labute approximate surface area is 174 Å². The molecule has 1 aliphatic rings. The lowest BCUT2D eigenvalue weighted by Gasteiger charge is -2.26. The molecule has 0 radical (unpaired) electrons. The zero-order chi connectivity index (χ0) is 21.9. The number of methoxy groups -OCH3 is 1. The maximum atomic E-state index is 13.3. The van der Waals surface area contributed by atoms with Gasteiger partial charge >= 0.3 is 12.1 Å². The predicted molar refractivity (Wildman–Crippen MR) is 108 cm³/mol. The number of carbonyl (C=O) groups excluding carboxylic acids is 3. The van der Waals surface area contributed by atoms with Crippen LogP contribution in [0.3, 0.4) is 0 Å². The Hall–Kier alpha value is -2.94. The van der Waals surface area contributed by atoms with Crippen LogP contribution in [0.25, 0.3) is 10.9 Å². The molecular formula is C21H27N3O6. The van der Waals surface area contributed by atoms with Crippen LogP contribution < -0.4 is 0 Å². The smallest absolute Gasteiger partial charge is 0.417 e. The summed E-state index contributed by atoms with van der Waals surface area (Å²) >= 11 is 0. The number of amides is 2. The van der Waals surface area contributed by atoms with Crippen molar-refractivity contribution >= 4 is 28.9 Å². The second-order valence-corrected chi connectivity index (χ2v) is 8.10. The Balaban J connectivity index is 1.96. The molecule has 1 fully saturated rings. The number of esters is 1. The van der Waals surface area contributed by atoms with E-state index >= 15 is 0 Å². The van der Waals surface area contributed by atoms with Gasteiger partial charge in [-0.15, -0.1) is 0 Å².